The van der Waals surface area contributed by atoms with E-state index in [2.05, 4.69) is 25.9 Å². The number of nitrogens with two attached hydrogens (primary N) is 2. The molecule has 0 radical (unpaired) electrons. The van der Waals surface area contributed by atoms with Crippen LogP contribution < -0.4 is 16.4 Å². The SMILES string of the molecule is [2H]c1cn2c(N3CCC4(CC3)Cc3ncccc3C4N)ncc(Sc3ccnc(N)c3Cl)c2n1. The Morgan fingerprint density at radius 1 is 1.12 bits per heavy atom. The van der Waals surface area contributed by atoms with Crippen LogP contribution >= 0.6 is 23.4 Å². The third-order valence-electron chi connectivity index (χ3n) is 6.90. The number of hydrogen-bond acceptors (Lipinski definition) is 8. The standard InChI is InChI=1S/C23H23ClN8S/c24-18-16(3-7-28-20(18)26)33-17-13-30-22(32-11-8-29-21(17)32)31-9-4-23(5-10-31)12-15-14(19(23)25)2-1-6-27-15/h1-3,6-8,11,13,19H,4-5,9-10,12,25H2,(H2,26,28)/i8D. The number of aromatic nitrogens is 5. The average molecular weight is 480 g/mol. The molecule has 1 aliphatic carbocycles. The van der Waals surface area contributed by atoms with E-state index in [4.69, 9.17) is 29.4 Å². The van der Waals surface area contributed by atoms with Crippen LogP contribution in [0.15, 0.2) is 59.0 Å². The van der Waals surface area contributed by atoms with Crippen LogP contribution in [0.3, 0.4) is 0 Å². The van der Waals surface area contributed by atoms with E-state index in [-0.39, 0.29) is 23.4 Å². The van der Waals surface area contributed by atoms with Crippen molar-refractivity contribution in [2.24, 2.45) is 11.1 Å². The summed E-state index contributed by atoms with van der Waals surface area (Å²) in [6.45, 7) is 1.66. The Bertz CT molecular complexity index is 1400. The van der Waals surface area contributed by atoms with E-state index >= 15 is 0 Å². The predicted octanol–water partition coefficient (Wildman–Crippen LogP) is 3.75. The number of fused-ring (bicyclic) bond motifs is 2. The maximum Gasteiger partial charge on any atom is 0.211 e. The molecule has 0 amide bonds. The minimum Gasteiger partial charge on any atom is -0.382 e. The molecule has 10 heteroatoms. The second kappa shape index (κ2) is 7.86. The second-order valence-corrected chi connectivity index (χ2v) is 10.1. The summed E-state index contributed by atoms with van der Waals surface area (Å²) in [7, 11) is 0. The maximum atomic E-state index is 8.15. The van der Waals surface area contributed by atoms with Crippen LogP contribution in [0.4, 0.5) is 11.8 Å². The van der Waals surface area contributed by atoms with Crippen LogP contribution in [0.2, 0.25) is 5.02 Å². The normalized spacial score (nSPS) is 19.8. The number of piperidine rings is 1. The Morgan fingerprint density at radius 2 is 1.97 bits per heavy atom. The van der Waals surface area contributed by atoms with E-state index in [9.17, 15) is 0 Å². The molecule has 6 rings (SSSR count). The zero-order valence-corrected chi connectivity index (χ0v) is 19.4. The van der Waals surface area contributed by atoms with Crippen molar-refractivity contribution >= 4 is 40.8 Å². The van der Waals surface area contributed by atoms with E-state index in [1.807, 2.05) is 16.7 Å². The van der Waals surface area contributed by atoms with Crippen LogP contribution in [-0.2, 0) is 6.42 Å². The summed E-state index contributed by atoms with van der Waals surface area (Å²) in [5.74, 6) is 1.06. The lowest BCUT2D eigenvalue weighted by Crippen LogP contribution is -2.45. The number of halogens is 1. The van der Waals surface area contributed by atoms with Crippen LogP contribution in [0.25, 0.3) is 5.65 Å². The van der Waals surface area contributed by atoms with Crippen LogP contribution in [0, 0.1) is 5.41 Å². The minimum absolute atomic E-state index is 0.00994. The van der Waals surface area contributed by atoms with Crippen LogP contribution in [0.1, 0.15) is 31.5 Å². The number of pyridine rings is 2. The van der Waals surface area contributed by atoms with Crippen LogP contribution in [0.5, 0.6) is 0 Å². The van der Waals surface area contributed by atoms with E-state index in [0.717, 1.165) is 53.8 Å². The molecule has 8 nitrogen and oxygen atoms in total. The highest BCUT2D eigenvalue weighted by Crippen LogP contribution is 2.50. The van der Waals surface area contributed by atoms with Crippen molar-refractivity contribution < 1.29 is 1.37 Å². The molecule has 5 heterocycles. The molecule has 2 aliphatic rings. The molecule has 4 aromatic rings. The first-order valence-corrected chi connectivity index (χ1v) is 12.0. The molecule has 0 bridgehead atoms. The minimum atomic E-state index is 0.00994. The largest absolute Gasteiger partial charge is 0.382 e. The molecule has 168 valence electrons. The Kier molecular flexibility index (Phi) is 4.66. The fraction of sp³-hybridized carbons (Fsp3) is 0.304. The first-order chi connectivity index (χ1) is 16.4. The Balaban J connectivity index is 1.28. The number of nitrogen functional groups attached to an aromatic ring is 1. The molecule has 1 aliphatic heterocycles. The molecule has 0 aromatic carbocycles. The molecule has 0 saturated carbocycles. The van der Waals surface area contributed by atoms with Crippen molar-refractivity contribution in [3.05, 3.63) is 65.4 Å². The van der Waals surface area contributed by atoms with Gasteiger partial charge in [0.05, 0.1) is 11.3 Å². The summed E-state index contributed by atoms with van der Waals surface area (Å²) in [4.78, 5) is 21.6. The number of anilines is 2. The summed E-state index contributed by atoms with van der Waals surface area (Å²) in [6.07, 6.45) is 9.99. The molecule has 33 heavy (non-hydrogen) atoms. The molecule has 1 fully saturated rings. The molecular weight excluding hydrogens is 456 g/mol. The Morgan fingerprint density at radius 3 is 2.79 bits per heavy atom. The number of hydrogen-bond donors (Lipinski definition) is 2. The maximum absolute atomic E-state index is 8.15. The van der Waals surface area contributed by atoms with Crippen LogP contribution in [-0.4, -0.2) is 37.4 Å². The zero-order chi connectivity index (χ0) is 23.4. The zero-order valence-electron chi connectivity index (χ0n) is 18.8. The van der Waals surface area contributed by atoms with Gasteiger partial charge >= 0.3 is 0 Å². The van der Waals surface area contributed by atoms with Gasteiger partial charge in [0.2, 0.25) is 5.95 Å². The summed E-state index contributed by atoms with van der Waals surface area (Å²) < 4.78 is 10.0. The summed E-state index contributed by atoms with van der Waals surface area (Å²) >= 11 is 7.75. The lowest BCUT2D eigenvalue weighted by atomic mass is 9.73. The van der Waals surface area contributed by atoms with Gasteiger partial charge in [0, 0.05) is 60.7 Å². The quantitative estimate of drug-likeness (QED) is 0.457. The lowest BCUT2D eigenvalue weighted by Gasteiger charge is -2.42. The van der Waals surface area contributed by atoms with Gasteiger partial charge in [0.1, 0.15) is 5.82 Å². The van der Waals surface area contributed by atoms with Crippen molar-refractivity contribution in [1.82, 2.24) is 24.3 Å². The second-order valence-electron chi connectivity index (χ2n) is 8.64. The van der Waals surface area contributed by atoms with Crippen molar-refractivity contribution in [1.29, 1.82) is 0 Å². The summed E-state index contributed by atoms with van der Waals surface area (Å²) in [5, 5.41) is 0.400. The van der Waals surface area contributed by atoms with E-state index in [0.29, 0.717) is 10.7 Å². The van der Waals surface area contributed by atoms with E-state index in [1.54, 1.807) is 24.7 Å². The first-order valence-electron chi connectivity index (χ1n) is 11.3. The van der Waals surface area contributed by atoms with Gasteiger partial charge in [0.25, 0.3) is 0 Å². The van der Waals surface area contributed by atoms with Crippen molar-refractivity contribution in [3.8, 4) is 0 Å². The number of imidazole rings is 1. The molecule has 1 saturated heterocycles. The molecular formula is C23H23ClN8S. The van der Waals surface area contributed by atoms with Crippen molar-refractivity contribution in [3.63, 3.8) is 0 Å². The van der Waals surface area contributed by atoms with Crippen molar-refractivity contribution in [2.45, 2.75) is 35.1 Å². The number of nitrogens with zero attached hydrogens (tertiary/aromatic N) is 6. The fourth-order valence-electron chi connectivity index (χ4n) is 5.06. The van der Waals surface area contributed by atoms with Gasteiger partial charge in [-0.05, 0) is 42.4 Å². The Labute approximate surface area is 201 Å². The van der Waals surface area contributed by atoms with Gasteiger partial charge in [-0.3, -0.25) is 9.38 Å². The molecule has 4 N–H and O–H groups in total. The lowest BCUT2D eigenvalue weighted by molar-refractivity contribution is 0.186. The van der Waals surface area contributed by atoms with E-state index < -0.39 is 0 Å². The Hall–Kier alpha value is -2.88. The van der Waals surface area contributed by atoms with Gasteiger partial charge in [-0.2, -0.15) is 0 Å². The van der Waals surface area contributed by atoms with Crippen molar-refractivity contribution in [2.75, 3.05) is 23.7 Å². The molecule has 4 aromatic heterocycles. The molecule has 1 atom stereocenters. The van der Waals surface area contributed by atoms with Gasteiger partial charge in [0.15, 0.2) is 5.65 Å². The third kappa shape index (κ3) is 3.34. The van der Waals surface area contributed by atoms with E-state index in [1.165, 1.54) is 17.3 Å². The first kappa shape index (κ1) is 19.6. The highest BCUT2D eigenvalue weighted by molar-refractivity contribution is 7.99. The third-order valence-corrected chi connectivity index (χ3v) is 8.48. The monoisotopic (exact) mass is 479 g/mol. The average Bonchev–Trinajstić information content (AvgIpc) is 3.36. The van der Waals surface area contributed by atoms with Gasteiger partial charge < -0.3 is 16.4 Å². The summed E-state index contributed by atoms with van der Waals surface area (Å²) in [5.41, 5.74) is 15.6. The molecule has 1 spiro atoms. The van der Waals surface area contributed by atoms with Gasteiger partial charge in [-0.1, -0.05) is 29.4 Å². The summed E-state index contributed by atoms with van der Waals surface area (Å²) in [6, 6.07) is 5.90. The van der Waals surface area contributed by atoms with Gasteiger partial charge in [-0.15, -0.1) is 0 Å². The highest BCUT2D eigenvalue weighted by Gasteiger charge is 2.46. The fourth-order valence-corrected chi connectivity index (χ4v) is 6.19. The topological polar surface area (TPSA) is 111 Å². The predicted molar refractivity (Wildman–Crippen MR) is 130 cm³/mol. The smallest absolute Gasteiger partial charge is 0.211 e. The van der Waals surface area contributed by atoms with Gasteiger partial charge in [-0.25, -0.2) is 15.0 Å². The number of rotatable bonds is 3. The molecule has 1 unspecified atom stereocenters. The highest BCUT2D eigenvalue weighted by atomic mass is 35.5.